The Bertz CT molecular complexity index is 395. The number of nitrogens with two attached hydrogens (primary N) is 1. The zero-order valence-corrected chi connectivity index (χ0v) is 12.8. The molecule has 0 atom stereocenters. The Morgan fingerprint density at radius 1 is 1.32 bits per heavy atom. The highest BCUT2D eigenvalue weighted by atomic mass is 32.2. The summed E-state index contributed by atoms with van der Waals surface area (Å²) in [5, 5.41) is 6.97. The first kappa shape index (κ1) is 15.8. The lowest BCUT2D eigenvalue weighted by Crippen LogP contribution is -2.38. The Hall–Kier alpha value is -1.24. The number of nitrogens with one attached hydrogen (secondary N) is 1. The number of carbonyl (C=O) groups is 1. The van der Waals surface area contributed by atoms with Crippen LogP contribution in [0.4, 0.5) is 5.95 Å². The molecule has 0 saturated heterocycles. The van der Waals surface area contributed by atoms with E-state index in [9.17, 15) is 4.79 Å². The third-order valence-electron chi connectivity index (χ3n) is 2.33. The summed E-state index contributed by atoms with van der Waals surface area (Å²) in [5.41, 5.74) is 5.44. The number of H-pyrrole nitrogens is 1. The van der Waals surface area contributed by atoms with Gasteiger partial charge in [0, 0.05) is 13.1 Å². The average molecular weight is 285 g/mol. The highest BCUT2D eigenvalue weighted by Crippen LogP contribution is 2.14. The third-order valence-corrected chi connectivity index (χ3v) is 3.16. The quantitative estimate of drug-likeness (QED) is 0.743. The molecule has 0 radical (unpaired) electrons. The predicted molar refractivity (Wildman–Crippen MR) is 77.8 cm³/mol. The van der Waals surface area contributed by atoms with Crippen molar-refractivity contribution in [3.63, 3.8) is 0 Å². The Balaban J connectivity index is 2.51. The summed E-state index contributed by atoms with van der Waals surface area (Å²) in [6.45, 7) is 10.0. The van der Waals surface area contributed by atoms with Crippen LogP contribution in [0.1, 0.15) is 27.7 Å². The fourth-order valence-corrected chi connectivity index (χ4v) is 2.41. The average Bonchev–Trinajstić information content (AvgIpc) is 2.70. The second kappa shape index (κ2) is 7.37. The number of aromatic nitrogens is 3. The largest absolute Gasteiger partial charge is 0.368 e. The van der Waals surface area contributed by atoms with Crippen LogP contribution in [0.15, 0.2) is 5.16 Å². The van der Waals surface area contributed by atoms with E-state index >= 15 is 0 Å². The molecule has 19 heavy (non-hydrogen) atoms. The highest BCUT2D eigenvalue weighted by molar-refractivity contribution is 7.99. The molecule has 0 saturated carbocycles. The van der Waals surface area contributed by atoms with Crippen molar-refractivity contribution in [3.8, 4) is 0 Å². The minimum absolute atomic E-state index is 0.121. The van der Waals surface area contributed by atoms with Crippen LogP contribution in [0.5, 0.6) is 0 Å². The lowest BCUT2D eigenvalue weighted by molar-refractivity contribution is -0.129. The van der Waals surface area contributed by atoms with Gasteiger partial charge in [0.05, 0.1) is 5.75 Å². The fraction of sp³-hybridized carbons (Fsp3) is 0.750. The monoisotopic (exact) mass is 285 g/mol. The summed E-state index contributed by atoms with van der Waals surface area (Å²) in [4.78, 5) is 18.1. The van der Waals surface area contributed by atoms with Gasteiger partial charge in [0.2, 0.25) is 17.0 Å². The van der Waals surface area contributed by atoms with Crippen LogP contribution in [0.25, 0.3) is 0 Å². The van der Waals surface area contributed by atoms with Crippen LogP contribution in [-0.2, 0) is 4.79 Å². The Morgan fingerprint density at radius 2 is 1.89 bits per heavy atom. The number of nitrogens with zero attached hydrogens (tertiary/aromatic N) is 3. The fourth-order valence-electron chi connectivity index (χ4n) is 1.70. The molecule has 1 rings (SSSR count). The molecule has 0 unspecified atom stereocenters. The maximum absolute atomic E-state index is 12.2. The molecule has 1 heterocycles. The van der Waals surface area contributed by atoms with Gasteiger partial charge in [-0.3, -0.25) is 4.79 Å². The zero-order valence-electron chi connectivity index (χ0n) is 12.0. The molecule has 0 aromatic carbocycles. The number of amides is 1. The number of hydrogen-bond acceptors (Lipinski definition) is 5. The van der Waals surface area contributed by atoms with E-state index in [1.54, 1.807) is 0 Å². The van der Waals surface area contributed by atoms with E-state index in [1.165, 1.54) is 11.8 Å². The van der Waals surface area contributed by atoms with Crippen molar-refractivity contribution >= 4 is 23.6 Å². The number of rotatable bonds is 7. The van der Waals surface area contributed by atoms with E-state index < -0.39 is 0 Å². The van der Waals surface area contributed by atoms with Crippen molar-refractivity contribution in [1.29, 1.82) is 0 Å². The zero-order chi connectivity index (χ0) is 14.4. The number of hydrogen-bond donors (Lipinski definition) is 2. The van der Waals surface area contributed by atoms with Crippen molar-refractivity contribution in [2.24, 2.45) is 11.8 Å². The summed E-state index contributed by atoms with van der Waals surface area (Å²) in [6.07, 6.45) is 0. The second-order valence-electron chi connectivity index (χ2n) is 5.38. The van der Waals surface area contributed by atoms with Gasteiger partial charge < -0.3 is 10.6 Å². The first-order valence-electron chi connectivity index (χ1n) is 6.47. The Kier molecular flexibility index (Phi) is 6.14. The molecule has 1 aromatic heterocycles. The van der Waals surface area contributed by atoms with Gasteiger partial charge in [0.25, 0.3) is 0 Å². The predicted octanol–water partition coefficient (Wildman–Crippen LogP) is 1.62. The van der Waals surface area contributed by atoms with Gasteiger partial charge in [0.15, 0.2) is 0 Å². The van der Waals surface area contributed by atoms with Crippen LogP contribution >= 0.6 is 11.8 Å². The molecule has 0 bridgehead atoms. The summed E-state index contributed by atoms with van der Waals surface area (Å²) in [6, 6.07) is 0. The van der Waals surface area contributed by atoms with Gasteiger partial charge in [-0.2, -0.15) is 4.98 Å². The number of aromatic amines is 1. The molecule has 1 aromatic rings. The van der Waals surface area contributed by atoms with Gasteiger partial charge in [-0.05, 0) is 11.8 Å². The van der Waals surface area contributed by atoms with E-state index in [0.717, 1.165) is 13.1 Å². The van der Waals surface area contributed by atoms with Crippen molar-refractivity contribution < 1.29 is 4.79 Å². The topological polar surface area (TPSA) is 87.9 Å². The highest BCUT2D eigenvalue weighted by Gasteiger charge is 2.17. The van der Waals surface area contributed by atoms with Gasteiger partial charge >= 0.3 is 0 Å². The summed E-state index contributed by atoms with van der Waals surface area (Å²) in [7, 11) is 0. The second-order valence-corrected chi connectivity index (χ2v) is 6.32. The molecular weight excluding hydrogens is 262 g/mol. The molecule has 6 nitrogen and oxygen atoms in total. The van der Waals surface area contributed by atoms with Crippen LogP contribution < -0.4 is 5.73 Å². The maximum Gasteiger partial charge on any atom is 0.233 e. The Morgan fingerprint density at radius 3 is 2.32 bits per heavy atom. The van der Waals surface area contributed by atoms with Crippen molar-refractivity contribution in [3.05, 3.63) is 0 Å². The first-order chi connectivity index (χ1) is 8.88. The molecule has 3 N–H and O–H groups in total. The van der Waals surface area contributed by atoms with Gasteiger partial charge in [0.1, 0.15) is 0 Å². The van der Waals surface area contributed by atoms with E-state index in [4.69, 9.17) is 5.73 Å². The molecule has 1 amide bonds. The molecule has 0 aliphatic carbocycles. The van der Waals surface area contributed by atoms with Crippen LogP contribution in [0.3, 0.4) is 0 Å². The molecule has 7 heteroatoms. The van der Waals surface area contributed by atoms with Crippen LogP contribution in [-0.4, -0.2) is 44.8 Å². The molecule has 0 fully saturated rings. The molecule has 0 aliphatic heterocycles. The molecule has 0 spiro atoms. The lowest BCUT2D eigenvalue weighted by Gasteiger charge is -2.26. The lowest BCUT2D eigenvalue weighted by atomic mass is 10.1. The number of anilines is 1. The third kappa shape index (κ3) is 5.96. The maximum atomic E-state index is 12.2. The van der Waals surface area contributed by atoms with Crippen molar-refractivity contribution in [1.82, 2.24) is 20.1 Å². The van der Waals surface area contributed by atoms with E-state index in [2.05, 4.69) is 42.9 Å². The number of nitrogen functional groups attached to an aromatic ring is 1. The molecule has 0 aliphatic rings. The van der Waals surface area contributed by atoms with Gasteiger partial charge in [-0.25, -0.2) is 5.10 Å². The number of carbonyl (C=O) groups excluding carboxylic acids is 1. The molecular formula is C12H23N5OS. The smallest absolute Gasteiger partial charge is 0.233 e. The van der Waals surface area contributed by atoms with Crippen molar-refractivity contribution in [2.45, 2.75) is 32.9 Å². The van der Waals surface area contributed by atoms with E-state index in [0.29, 0.717) is 22.7 Å². The minimum Gasteiger partial charge on any atom is -0.368 e. The van der Waals surface area contributed by atoms with Crippen LogP contribution in [0, 0.1) is 11.8 Å². The summed E-state index contributed by atoms with van der Waals surface area (Å²) in [5.74, 6) is 1.67. The van der Waals surface area contributed by atoms with E-state index in [-0.39, 0.29) is 11.9 Å². The minimum atomic E-state index is 0.121. The van der Waals surface area contributed by atoms with Crippen LogP contribution in [0.2, 0.25) is 0 Å². The SMILES string of the molecule is CC(C)CN(CC(C)C)C(=O)CSc1n[nH]c(N)n1. The normalized spacial score (nSPS) is 11.3. The Labute approximate surface area is 118 Å². The van der Waals surface area contributed by atoms with Gasteiger partial charge in [-0.1, -0.05) is 39.5 Å². The first-order valence-corrected chi connectivity index (χ1v) is 7.45. The standard InChI is InChI=1S/C12H23N5OS/c1-8(2)5-17(6-9(3)4)10(18)7-19-12-14-11(13)15-16-12/h8-9H,5-7H2,1-4H3,(H3,13,14,15,16). The van der Waals surface area contributed by atoms with E-state index in [1.807, 2.05) is 4.90 Å². The number of thioether (sulfide) groups is 1. The van der Waals surface area contributed by atoms with Crippen molar-refractivity contribution in [2.75, 3.05) is 24.6 Å². The summed E-state index contributed by atoms with van der Waals surface area (Å²) < 4.78 is 0. The molecule has 108 valence electrons. The summed E-state index contributed by atoms with van der Waals surface area (Å²) >= 11 is 1.31. The van der Waals surface area contributed by atoms with Gasteiger partial charge in [-0.15, -0.1) is 5.10 Å².